The van der Waals surface area contributed by atoms with Crippen molar-refractivity contribution in [3.8, 4) is 0 Å². The summed E-state index contributed by atoms with van der Waals surface area (Å²) in [6, 6.07) is 9.62. The van der Waals surface area contributed by atoms with Crippen LogP contribution in [0.25, 0.3) is 0 Å². The molecule has 0 saturated carbocycles. The number of nitrogens with one attached hydrogen (secondary N) is 1. The van der Waals surface area contributed by atoms with E-state index in [1.165, 1.54) is 0 Å². The number of hydrogen-bond donors (Lipinski definition) is 2. The van der Waals surface area contributed by atoms with Gasteiger partial charge in [0.2, 0.25) is 0 Å². The quantitative estimate of drug-likeness (QED) is 0.667. The van der Waals surface area contributed by atoms with Crippen molar-refractivity contribution < 1.29 is 14.1 Å². The highest BCUT2D eigenvalue weighted by molar-refractivity contribution is 6.07. The molecule has 0 saturated heterocycles. The fourth-order valence-corrected chi connectivity index (χ4v) is 1.86. The van der Waals surface area contributed by atoms with E-state index >= 15 is 0 Å². The summed E-state index contributed by atoms with van der Waals surface area (Å²) in [6.07, 6.45) is 0. The Morgan fingerprint density at radius 2 is 2.00 bits per heavy atom. The summed E-state index contributed by atoms with van der Waals surface area (Å²) in [5.74, 6) is -1.47. The van der Waals surface area contributed by atoms with Gasteiger partial charge in [0.1, 0.15) is 11.4 Å². The van der Waals surface area contributed by atoms with Gasteiger partial charge in [-0.1, -0.05) is 18.2 Å². The van der Waals surface area contributed by atoms with Crippen LogP contribution in [-0.2, 0) is 6.54 Å². The van der Waals surface area contributed by atoms with Crippen molar-refractivity contribution in [2.24, 2.45) is 5.73 Å². The van der Waals surface area contributed by atoms with Crippen LogP contribution in [-0.4, -0.2) is 10.8 Å². The second kappa shape index (κ2) is 6.10. The number of nitrogens with two attached hydrogens (primary N) is 1. The first-order chi connectivity index (χ1) is 10.0. The number of halogens is 1. The maximum Gasteiger partial charge on any atom is 0.285 e. The highest BCUT2D eigenvalue weighted by atomic mass is 19.1. The van der Waals surface area contributed by atoms with E-state index in [1.54, 1.807) is 24.3 Å². The Balaban J connectivity index is 2.35. The summed E-state index contributed by atoms with van der Waals surface area (Å²) in [6.45, 7) is 0.210. The fraction of sp³-hybridized carbons (Fsp3) is 0.0714. The van der Waals surface area contributed by atoms with E-state index in [0.717, 1.165) is 12.1 Å². The van der Waals surface area contributed by atoms with E-state index in [4.69, 9.17) is 5.73 Å². The van der Waals surface area contributed by atoms with Crippen molar-refractivity contribution in [2.75, 3.05) is 5.32 Å². The maximum atomic E-state index is 13.1. The monoisotopic (exact) mass is 289 g/mol. The molecule has 3 N–H and O–H groups in total. The number of hydrogen-bond acceptors (Lipinski definition) is 4. The summed E-state index contributed by atoms with van der Waals surface area (Å²) in [7, 11) is 0. The molecule has 6 nitrogen and oxygen atoms in total. The number of nitrogens with zero attached hydrogens (tertiary/aromatic N) is 1. The zero-order valence-corrected chi connectivity index (χ0v) is 10.9. The van der Waals surface area contributed by atoms with Crippen LogP contribution in [0.2, 0.25) is 0 Å². The average Bonchev–Trinajstić information content (AvgIpc) is 2.47. The van der Waals surface area contributed by atoms with Crippen LogP contribution < -0.4 is 11.1 Å². The Hall–Kier alpha value is -2.80. The molecule has 0 radical (unpaired) electrons. The Labute approximate surface area is 119 Å². The lowest BCUT2D eigenvalue weighted by atomic mass is 10.1. The van der Waals surface area contributed by atoms with Gasteiger partial charge in [0, 0.05) is 12.2 Å². The highest BCUT2D eigenvalue weighted by Crippen LogP contribution is 2.22. The van der Waals surface area contributed by atoms with Gasteiger partial charge in [0.15, 0.2) is 0 Å². The molecular weight excluding hydrogens is 277 g/mol. The summed E-state index contributed by atoms with van der Waals surface area (Å²) < 4.78 is 13.1. The topological polar surface area (TPSA) is 98.3 Å². The van der Waals surface area contributed by atoms with Gasteiger partial charge in [-0.15, -0.1) is 0 Å². The number of carbonyl (C=O) groups is 1. The molecule has 0 spiro atoms. The van der Waals surface area contributed by atoms with Gasteiger partial charge in [-0.25, -0.2) is 4.39 Å². The van der Waals surface area contributed by atoms with Crippen molar-refractivity contribution in [3.63, 3.8) is 0 Å². The summed E-state index contributed by atoms with van der Waals surface area (Å²) in [5, 5.41) is 13.4. The van der Waals surface area contributed by atoms with Crippen LogP contribution in [0.15, 0.2) is 42.5 Å². The minimum absolute atomic E-state index is 0.210. The van der Waals surface area contributed by atoms with Crippen LogP contribution >= 0.6 is 0 Å². The maximum absolute atomic E-state index is 13.1. The van der Waals surface area contributed by atoms with Gasteiger partial charge in [-0.05, 0) is 23.8 Å². The van der Waals surface area contributed by atoms with Crippen molar-refractivity contribution >= 4 is 17.3 Å². The van der Waals surface area contributed by atoms with E-state index < -0.39 is 22.3 Å². The summed E-state index contributed by atoms with van der Waals surface area (Å²) >= 11 is 0. The molecular formula is C14H12FN3O3. The molecule has 0 unspecified atom stereocenters. The smallest absolute Gasteiger partial charge is 0.285 e. The molecule has 0 aromatic heterocycles. The lowest BCUT2D eigenvalue weighted by Gasteiger charge is -2.09. The summed E-state index contributed by atoms with van der Waals surface area (Å²) in [5.41, 5.74) is 5.91. The molecule has 21 heavy (non-hydrogen) atoms. The molecule has 0 aliphatic rings. The number of benzene rings is 2. The number of rotatable bonds is 4. The minimum atomic E-state index is -0.799. The number of amides is 1. The number of anilines is 1. The molecule has 7 heteroatoms. The van der Waals surface area contributed by atoms with Gasteiger partial charge < -0.3 is 11.1 Å². The largest absolute Gasteiger partial charge is 0.326 e. The van der Waals surface area contributed by atoms with E-state index in [9.17, 15) is 19.3 Å². The van der Waals surface area contributed by atoms with E-state index in [0.29, 0.717) is 17.3 Å². The van der Waals surface area contributed by atoms with Crippen molar-refractivity contribution in [3.05, 3.63) is 69.5 Å². The number of nitro benzene ring substituents is 1. The van der Waals surface area contributed by atoms with Gasteiger partial charge in [0.25, 0.3) is 11.6 Å². The van der Waals surface area contributed by atoms with Gasteiger partial charge in [0.05, 0.1) is 11.0 Å². The first-order valence-corrected chi connectivity index (χ1v) is 6.06. The Morgan fingerprint density at radius 3 is 2.67 bits per heavy atom. The van der Waals surface area contributed by atoms with E-state index in [1.807, 2.05) is 0 Å². The number of nitro groups is 1. The molecule has 0 fully saturated rings. The molecule has 1 amide bonds. The van der Waals surface area contributed by atoms with E-state index in [-0.39, 0.29) is 12.1 Å². The predicted molar refractivity (Wildman–Crippen MR) is 75.3 cm³/mol. The molecule has 108 valence electrons. The number of para-hydroxylation sites is 1. The summed E-state index contributed by atoms with van der Waals surface area (Å²) in [4.78, 5) is 22.2. The zero-order valence-electron chi connectivity index (χ0n) is 10.9. The van der Waals surface area contributed by atoms with Crippen molar-refractivity contribution in [1.29, 1.82) is 0 Å². The Bertz CT molecular complexity index is 704. The predicted octanol–water partition coefficient (Wildman–Crippen LogP) is 2.44. The van der Waals surface area contributed by atoms with Gasteiger partial charge in [-0.2, -0.15) is 0 Å². The van der Waals surface area contributed by atoms with Crippen LogP contribution in [0.5, 0.6) is 0 Å². The van der Waals surface area contributed by atoms with Crippen LogP contribution in [0.3, 0.4) is 0 Å². The van der Waals surface area contributed by atoms with Crippen molar-refractivity contribution in [1.82, 2.24) is 0 Å². The second-order valence-corrected chi connectivity index (χ2v) is 4.23. The molecule has 2 aromatic rings. The molecule has 2 aromatic carbocycles. The molecule has 0 bridgehead atoms. The SMILES string of the molecule is NCc1ccccc1NC(=O)c1ccc(F)cc1[N+](=O)[O-]. The number of carbonyl (C=O) groups excluding carboxylic acids is 1. The lowest BCUT2D eigenvalue weighted by Crippen LogP contribution is -2.16. The first kappa shape index (κ1) is 14.6. The third kappa shape index (κ3) is 3.21. The Morgan fingerprint density at radius 1 is 1.29 bits per heavy atom. The van der Waals surface area contributed by atoms with Crippen LogP contribution in [0.4, 0.5) is 15.8 Å². The van der Waals surface area contributed by atoms with Crippen molar-refractivity contribution in [2.45, 2.75) is 6.54 Å². The van der Waals surface area contributed by atoms with Crippen LogP contribution in [0.1, 0.15) is 15.9 Å². The molecule has 0 atom stereocenters. The fourth-order valence-electron chi connectivity index (χ4n) is 1.86. The Kier molecular flexibility index (Phi) is 4.24. The highest BCUT2D eigenvalue weighted by Gasteiger charge is 2.21. The van der Waals surface area contributed by atoms with Gasteiger partial charge in [-0.3, -0.25) is 14.9 Å². The average molecular weight is 289 g/mol. The third-order valence-corrected chi connectivity index (χ3v) is 2.89. The zero-order chi connectivity index (χ0) is 15.4. The third-order valence-electron chi connectivity index (χ3n) is 2.89. The normalized spacial score (nSPS) is 10.2. The second-order valence-electron chi connectivity index (χ2n) is 4.23. The lowest BCUT2D eigenvalue weighted by molar-refractivity contribution is -0.385. The first-order valence-electron chi connectivity index (χ1n) is 6.06. The van der Waals surface area contributed by atoms with E-state index in [2.05, 4.69) is 5.32 Å². The van der Waals surface area contributed by atoms with Gasteiger partial charge >= 0.3 is 0 Å². The minimum Gasteiger partial charge on any atom is -0.326 e. The molecule has 0 heterocycles. The van der Waals surface area contributed by atoms with Crippen LogP contribution in [0, 0.1) is 15.9 Å². The molecule has 0 aliphatic carbocycles. The standard InChI is InChI=1S/C14H12FN3O3/c15-10-5-6-11(13(7-10)18(20)21)14(19)17-12-4-2-1-3-9(12)8-16/h1-7H,8,16H2,(H,17,19). The molecule has 2 rings (SSSR count). The molecule has 0 aliphatic heterocycles.